The quantitative estimate of drug-likeness (QED) is 0.269. The van der Waals surface area contributed by atoms with Crippen LogP contribution in [0.2, 0.25) is 0 Å². The lowest BCUT2D eigenvalue weighted by atomic mass is 9.92. The molecule has 1 unspecified atom stereocenters. The molecule has 4 heterocycles. The fourth-order valence-corrected chi connectivity index (χ4v) is 6.81. The first-order valence-corrected chi connectivity index (χ1v) is 15.5. The van der Waals surface area contributed by atoms with E-state index in [9.17, 15) is 8.42 Å². The van der Waals surface area contributed by atoms with Crippen LogP contribution in [0.5, 0.6) is 0 Å². The maximum atomic E-state index is 15.4. The highest BCUT2D eigenvalue weighted by atomic mass is 32.2. The lowest BCUT2D eigenvalue weighted by Crippen LogP contribution is -2.50. The zero-order valence-electron chi connectivity index (χ0n) is 23.8. The second-order valence-electron chi connectivity index (χ2n) is 11.2. The Kier molecular flexibility index (Phi) is 7.46. The number of nitrogen functional groups attached to an aromatic ring is 1. The van der Waals surface area contributed by atoms with E-state index in [1.165, 1.54) is 18.3 Å². The zero-order chi connectivity index (χ0) is 29.6. The number of fused-ring (bicyclic) bond motifs is 1. The second-order valence-corrected chi connectivity index (χ2v) is 12.9. The van der Waals surface area contributed by atoms with Crippen molar-refractivity contribution < 1.29 is 17.5 Å². The van der Waals surface area contributed by atoms with Crippen LogP contribution in [0.4, 0.5) is 16.0 Å². The fraction of sp³-hybridized carbons (Fsp3) is 0.367. The van der Waals surface area contributed by atoms with E-state index in [1.54, 1.807) is 31.3 Å². The van der Waals surface area contributed by atoms with Gasteiger partial charge in [0.25, 0.3) is 10.0 Å². The Morgan fingerprint density at radius 1 is 1.14 bits per heavy atom. The van der Waals surface area contributed by atoms with E-state index in [0.29, 0.717) is 34.4 Å². The van der Waals surface area contributed by atoms with E-state index < -0.39 is 21.7 Å². The number of hydrogen-bond acceptors (Lipinski definition) is 8. The summed E-state index contributed by atoms with van der Waals surface area (Å²) in [4.78, 5) is 13.6. The van der Waals surface area contributed by atoms with E-state index in [1.807, 2.05) is 18.2 Å². The molecule has 0 spiro atoms. The maximum Gasteiger partial charge on any atom is 0.263 e. The van der Waals surface area contributed by atoms with Gasteiger partial charge in [-0.3, -0.25) is 9.12 Å². The Balaban J connectivity index is 1.36. The number of rotatable bonds is 8. The molecule has 6 rings (SSSR count). The SMILES string of the molecule is Cc1ccccc1S(=O)(=O)Nc1ncc(-c2nc(C(C)C)n3c(C4=CCC(NC5COC5)CC4)cnc(N)c23)cc1F. The second kappa shape index (κ2) is 11.1. The normalized spacial score (nSPS) is 17.8. The van der Waals surface area contributed by atoms with Gasteiger partial charge in [-0.15, -0.1) is 0 Å². The minimum absolute atomic E-state index is 0.0297. The number of nitrogens with zero attached hydrogens (tertiary/aromatic N) is 4. The highest BCUT2D eigenvalue weighted by Crippen LogP contribution is 2.36. The summed E-state index contributed by atoms with van der Waals surface area (Å²) in [5.41, 5.74) is 10.4. The van der Waals surface area contributed by atoms with Gasteiger partial charge in [-0.05, 0) is 49.5 Å². The molecule has 1 atom stereocenters. The van der Waals surface area contributed by atoms with Gasteiger partial charge in [0.15, 0.2) is 11.6 Å². The predicted molar refractivity (Wildman–Crippen MR) is 160 cm³/mol. The summed E-state index contributed by atoms with van der Waals surface area (Å²) in [6.07, 6.45) is 8.17. The number of imidazole rings is 1. The third-order valence-corrected chi connectivity index (χ3v) is 9.31. The average Bonchev–Trinajstić information content (AvgIpc) is 3.35. The van der Waals surface area contributed by atoms with E-state index in [0.717, 1.165) is 49.6 Å². The monoisotopic (exact) mass is 591 g/mol. The standard InChI is InChI=1S/C30H34FN7O3S/c1-17(2)30-36-26(20-12-23(31)29(34-13-20)37-42(39,40)25-7-5-4-6-18(25)3)27-28(32)33-14-24(38(27)30)19-8-10-21(11-9-19)35-22-15-41-16-22/h4-8,12-14,17,21-22,35H,9-11,15-16H2,1-3H3,(H2,32,33)(H,34,37). The lowest BCUT2D eigenvalue weighted by Gasteiger charge is -2.33. The molecule has 3 aromatic heterocycles. The average molecular weight is 592 g/mol. The minimum Gasteiger partial charge on any atom is -0.382 e. The summed E-state index contributed by atoms with van der Waals surface area (Å²) in [7, 11) is -4.04. The number of sulfonamides is 1. The van der Waals surface area contributed by atoms with Crippen LogP contribution in [0, 0.1) is 12.7 Å². The molecule has 1 fully saturated rings. The smallest absolute Gasteiger partial charge is 0.263 e. The van der Waals surface area contributed by atoms with Gasteiger partial charge in [-0.25, -0.2) is 27.8 Å². The van der Waals surface area contributed by atoms with Crippen LogP contribution in [0.1, 0.15) is 56.1 Å². The molecule has 0 amide bonds. The molecule has 0 bridgehead atoms. The third-order valence-electron chi connectivity index (χ3n) is 7.81. The van der Waals surface area contributed by atoms with Gasteiger partial charge >= 0.3 is 0 Å². The molecular formula is C30H34FN7O3S. The van der Waals surface area contributed by atoms with Crippen LogP contribution in [0.25, 0.3) is 22.3 Å². The molecule has 220 valence electrons. The number of benzene rings is 1. The number of allylic oxidation sites excluding steroid dienone is 1. The van der Waals surface area contributed by atoms with Crippen molar-refractivity contribution in [3.63, 3.8) is 0 Å². The predicted octanol–water partition coefficient (Wildman–Crippen LogP) is 4.67. The molecule has 12 heteroatoms. The Morgan fingerprint density at radius 2 is 1.93 bits per heavy atom. The summed E-state index contributed by atoms with van der Waals surface area (Å²) >= 11 is 0. The van der Waals surface area contributed by atoms with Gasteiger partial charge in [0.1, 0.15) is 22.9 Å². The van der Waals surface area contributed by atoms with Crippen LogP contribution in [0.3, 0.4) is 0 Å². The molecule has 0 saturated carbocycles. The summed E-state index contributed by atoms with van der Waals surface area (Å²) in [6.45, 7) is 7.28. The molecule has 1 saturated heterocycles. The number of ether oxygens (including phenoxy) is 1. The first-order valence-electron chi connectivity index (χ1n) is 14.1. The lowest BCUT2D eigenvalue weighted by molar-refractivity contribution is -0.0103. The number of anilines is 2. The number of aryl methyl sites for hydroxylation is 1. The van der Waals surface area contributed by atoms with E-state index >= 15 is 4.39 Å². The van der Waals surface area contributed by atoms with Crippen molar-refractivity contribution >= 4 is 32.7 Å². The highest BCUT2D eigenvalue weighted by molar-refractivity contribution is 7.92. The largest absolute Gasteiger partial charge is 0.382 e. The molecule has 1 aliphatic heterocycles. The van der Waals surface area contributed by atoms with Crippen LogP contribution in [-0.4, -0.2) is 53.1 Å². The topological polar surface area (TPSA) is 137 Å². The molecule has 2 aliphatic rings. The molecule has 10 nitrogen and oxygen atoms in total. The van der Waals surface area contributed by atoms with E-state index in [-0.39, 0.29) is 16.6 Å². The number of nitrogens with two attached hydrogens (primary N) is 1. The summed E-state index contributed by atoms with van der Waals surface area (Å²) < 4.78 is 50.8. The number of aromatic nitrogens is 4. The molecule has 0 radical (unpaired) electrons. The van der Waals surface area contributed by atoms with E-state index in [2.05, 4.69) is 26.1 Å². The Bertz CT molecular complexity index is 1800. The van der Waals surface area contributed by atoms with Crippen molar-refractivity contribution in [2.24, 2.45) is 0 Å². The van der Waals surface area contributed by atoms with Crippen LogP contribution in [-0.2, 0) is 14.8 Å². The van der Waals surface area contributed by atoms with Gasteiger partial charge in [-0.2, -0.15) is 0 Å². The van der Waals surface area contributed by atoms with Crippen molar-refractivity contribution in [3.05, 3.63) is 71.7 Å². The first kappa shape index (κ1) is 28.3. The van der Waals surface area contributed by atoms with Crippen molar-refractivity contribution in [2.75, 3.05) is 23.7 Å². The summed E-state index contributed by atoms with van der Waals surface area (Å²) in [5.74, 6) is -0.169. The summed E-state index contributed by atoms with van der Waals surface area (Å²) in [5, 5.41) is 3.66. The number of hydrogen-bond donors (Lipinski definition) is 3. The molecule has 1 aliphatic carbocycles. The van der Waals surface area contributed by atoms with Crippen molar-refractivity contribution in [3.8, 4) is 11.3 Å². The Hall–Kier alpha value is -3.87. The van der Waals surface area contributed by atoms with Gasteiger partial charge in [0, 0.05) is 23.7 Å². The van der Waals surface area contributed by atoms with Gasteiger partial charge in [-0.1, -0.05) is 38.1 Å². The molecule has 4 aromatic rings. The van der Waals surface area contributed by atoms with E-state index in [4.69, 9.17) is 15.5 Å². The number of halogens is 1. The van der Waals surface area contributed by atoms with Gasteiger partial charge < -0.3 is 15.8 Å². The Morgan fingerprint density at radius 3 is 2.57 bits per heavy atom. The molecule has 42 heavy (non-hydrogen) atoms. The van der Waals surface area contributed by atoms with Crippen LogP contribution >= 0.6 is 0 Å². The molecule has 1 aromatic carbocycles. The number of nitrogens with one attached hydrogen (secondary N) is 2. The zero-order valence-corrected chi connectivity index (χ0v) is 24.6. The van der Waals surface area contributed by atoms with Crippen molar-refractivity contribution in [1.29, 1.82) is 0 Å². The van der Waals surface area contributed by atoms with Gasteiger partial charge in [0.05, 0.1) is 36.0 Å². The molecular weight excluding hydrogens is 557 g/mol. The summed E-state index contributed by atoms with van der Waals surface area (Å²) in [6, 6.07) is 8.54. The van der Waals surface area contributed by atoms with Crippen molar-refractivity contribution in [2.45, 2.75) is 62.9 Å². The highest BCUT2D eigenvalue weighted by Gasteiger charge is 2.27. The minimum atomic E-state index is -4.04. The van der Waals surface area contributed by atoms with Crippen LogP contribution in [0.15, 0.2) is 53.7 Å². The number of pyridine rings is 1. The maximum absolute atomic E-state index is 15.4. The van der Waals surface area contributed by atoms with Crippen molar-refractivity contribution in [1.82, 2.24) is 24.7 Å². The van der Waals surface area contributed by atoms with Crippen LogP contribution < -0.4 is 15.8 Å². The van der Waals surface area contributed by atoms with Gasteiger partial charge in [0.2, 0.25) is 0 Å². The fourth-order valence-electron chi connectivity index (χ4n) is 5.55. The third kappa shape index (κ3) is 5.25. The first-order chi connectivity index (χ1) is 20.1. The molecule has 4 N–H and O–H groups in total. The Labute approximate surface area is 244 Å².